The first kappa shape index (κ1) is 25.4. The van der Waals surface area contributed by atoms with E-state index in [1.54, 1.807) is 19.2 Å². The number of alkyl halides is 3. The van der Waals surface area contributed by atoms with Crippen LogP contribution in [0.2, 0.25) is 0 Å². The summed E-state index contributed by atoms with van der Waals surface area (Å²) in [7, 11) is 1.58. The number of nitrogens with zero attached hydrogens (tertiary/aromatic N) is 1. The second kappa shape index (κ2) is 10.9. The van der Waals surface area contributed by atoms with Gasteiger partial charge in [-0.05, 0) is 29.7 Å². The van der Waals surface area contributed by atoms with Crippen molar-refractivity contribution < 1.29 is 31.8 Å². The summed E-state index contributed by atoms with van der Waals surface area (Å²) in [6.07, 6.45) is -3.12. The van der Waals surface area contributed by atoms with E-state index in [9.17, 15) is 22.8 Å². The SMILES string of the molecule is COCCOCCOCc1cn(-c2ccc3cc(-c4ccccc4C(F)(F)F)[nH]c(=O)c3c2)c(=O)o1. The van der Waals surface area contributed by atoms with Gasteiger partial charge in [0.1, 0.15) is 6.61 Å². The van der Waals surface area contributed by atoms with Gasteiger partial charge in [-0.1, -0.05) is 24.3 Å². The van der Waals surface area contributed by atoms with E-state index < -0.39 is 23.1 Å². The molecule has 11 heteroatoms. The van der Waals surface area contributed by atoms with Crippen molar-refractivity contribution >= 4 is 10.8 Å². The monoisotopic (exact) mass is 504 g/mol. The van der Waals surface area contributed by atoms with E-state index in [4.69, 9.17) is 18.6 Å². The van der Waals surface area contributed by atoms with E-state index >= 15 is 0 Å². The lowest BCUT2D eigenvalue weighted by Gasteiger charge is -2.13. The van der Waals surface area contributed by atoms with E-state index in [0.717, 1.165) is 6.07 Å². The maximum Gasteiger partial charge on any atom is 0.423 e. The first-order chi connectivity index (χ1) is 17.3. The molecule has 2 aromatic carbocycles. The van der Waals surface area contributed by atoms with Gasteiger partial charge in [0.2, 0.25) is 0 Å². The molecule has 0 saturated heterocycles. The van der Waals surface area contributed by atoms with Gasteiger partial charge in [0.05, 0.1) is 43.9 Å². The Labute approximate surface area is 202 Å². The Morgan fingerprint density at radius 1 is 0.972 bits per heavy atom. The van der Waals surface area contributed by atoms with Crippen molar-refractivity contribution in [3.63, 3.8) is 0 Å². The smallest absolute Gasteiger partial charge is 0.410 e. The number of methoxy groups -OCH3 is 1. The lowest BCUT2D eigenvalue weighted by atomic mass is 10.0. The molecule has 8 nitrogen and oxygen atoms in total. The molecule has 2 heterocycles. The molecule has 0 fully saturated rings. The highest BCUT2D eigenvalue weighted by atomic mass is 19.4. The molecule has 1 N–H and O–H groups in total. The molecule has 0 bridgehead atoms. The van der Waals surface area contributed by atoms with E-state index in [1.165, 1.54) is 41.1 Å². The highest BCUT2D eigenvalue weighted by molar-refractivity contribution is 5.87. The molecule has 0 atom stereocenters. The quantitative estimate of drug-likeness (QED) is 0.326. The average Bonchev–Trinajstić information content (AvgIpc) is 3.23. The Hall–Kier alpha value is -3.67. The summed E-state index contributed by atoms with van der Waals surface area (Å²) in [5.41, 5.74) is -1.17. The Morgan fingerprint density at radius 3 is 2.50 bits per heavy atom. The molecule has 4 rings (SSSR count). The number of benzene rings is 2. The predicted octanol–water partition coefficient (Wildman–Crippen LogP) is 4.14. The Kier molecular flexibility index (Phi) is 7.73. The first-order valence-corrected chi connectivity index (χ1v) is 11.0. The van der Waals surface area contributed by atoms with E-state index in [2.05, 4.69) is 4.98 Å². The lowest BCUT2D eigenvalue weighted by Crippen LogP contribution is -2.13. The lowest BCUT2D eigenvalue weighted by molar-refractivity contribution is -0.137. The second-order valence-corrected chi connectivity index (χ2v) is 7.82. The number of H-pyrrole nitrogens is 1. The fourth-order valence-corrected chi connectivity index (χ4v) is 3.67. The number of nitrogens with one attached hydrogen (secondary N) is 1. The zero-order valence-electron chi connectivity index (χ0n) is 19.3. The largest absolute Gasteiger partial charge is 0.423 e. The summed E-state index contributed by atoms with van der Waals surface area (Å²) in [6, 6.07) is 11.1. The third-order valence-corrected chi connectivity index (χ3v) is 5.37. The molecule has 36 heavy (non-hydrogen) atoms. The number of rotatable bonds is 10. The van der Waals surface area contributed by atoms with Gasteiger partial charge in [-0.15, -0.1) is 0 Å². The van der Waals surface area contributed by atoms with E-state index in [1.807, 2.05) is 0 Å². The summed E-state index contributed by atoms with van der Waals surface area (Å²) in [6.45, 7) is 1.63. The molecule has 0 aliphatic heterocycles. The Bertz CT molecular complexity index is 1450. The van der Waals surface area contributed by atoms with Crippen molar-refractivity contribution in [1.82, 2.24) is 9.55 Å². The van der Waals surface area contributed by atoms with Crippen molar-refractivity contribution in [3.8, 4) is 16.9 Å². The van der Waals surface area contributed by atoms with Crippen molar-refractivity contribution in [2.75, 3.05) is 33.5 Å². The topological polar surface area (TPSA) is 95.7 Å². The Morgan fingerprint density at radius 2 is 1.72 bits per heavy atom. The standard InChI is InChI=1S/C25H23F3N2O6/c1-33-8-9-34-10-11-35-15-18-14-30(24(32)36-18)17-7-6-16-12-22(29-23(31)20(16)13-17)19-4-2-3-5-21(19)25(26,27)28/h2-7,12-14H,8-11,15H2,1H3,(H,29,31). The predicted molar refractivity (Wildman–Crippen MR) is 125 cm³/mol. The molecular formula is C25H23F3N2O6. The van der Waals surface area contributed by atoms with Gasteiger partial charge in [-0.2, -0.15) is 13.2 Å². The van der Waals surface area contributed by atoms with Gasteiger partial charge in [0.15, 0.2) is 5.76 Å². The molecule has 2 aromatic heterocycles. The van der Waals surface area contributed by atoms with Crippen LogP contribution in [0.25, 0.3) is 27.7 Å². The molecule has 190 valence electrons. The minimum Gasteiger partial charge on any atom is -0.410 e. The normalized spacial score (nSPS) is 11.9. The highest BCUT2D eigenvalue weighted by Gasteiger charge is 2.33. The number of fused-ring (bicyclic) bond motifs is 1. The van der Waals surface area contributed by atoms with Crippen molar-refractivity contribution in [2.24, 2.45) is 0 Å². The fourth-order valence-electron chi connectivity index (χ4n) is 3.67. The first-order valence-electron chi connectivity index (χ1n) is 11.0. The highest BCUT2D eigenvalue weighted by Crippen LogP contribution is 2.36. The summed E-state index contributed by atoms with van der Waals surface area (Å²) in [4.78, 5) is 27.7. The Balaban J connectivity index is 1.56. The maximum absolute atomic E-state index is 13.4. The summed E-state index contributed by atoms with van der Waals surface area (Å²) < 4.78 is 62.3. The van der Waals surface area contributed by atoms with Crippen LogP contribution in [0.3, 0.4) is 0 Å². The third-order valence-electron chi connectivity index (χ3n) is 5.37. The zero-order valence-corrected chi connectivity index (χ0v) is 19.3. The van der Waals surface area contributed by atoms with Crippen molar-refractivity contribution in [1.29, 1.82) is 0 Å². The summed E-state index contributed by atoms with van der Waals surface area (Å²) >= 11 is 0. The maximum atomic E-state index is 13.4. The molecule has 0 saturated carbocycles. The van der Waals surface area contributed by atoms with Crippen LogP contribution in [0.5, 0.6) is 0 Å². The van der Waals surface area contributed by atoms with Gasteiger partial charge in [-0.25, -0.2) is 9.36 Å². The van der Waals surface area contributed by atoms with Crippen molar-refractivity contribution in [2.45, 2.75) is 12.8 Å². The van der Waals surface area contributed by atoms with Gasteiger partial charge in [0.25, 0.3) is 5.56 Å². The van der Waals surface area contributed by atoms with Crippen LogP contribution < -0.4 is 11.3 Å². The molecule has 0 amide bonds. The number of aromatic amines is 1. The number of pyridine rings is 1. The van der Waals surface area contributed by atoms with Gasteiger partial charge >= 0.3 is 11.9 Å². The molecule has 0 radical (unpaired) electrons. The zero-order chi connectivity index (χ0) is 25.7. The van der Waals surface area contributed by atoms with Gasteiger partial charge in [0, 0.05) is 23.8 Å². The van der Waals surface area contributed by atoms with E-state index in [-0.39, 0.29) is 29.0 Å². The van der Waals surface area contributed by atoms with Crippen LogP contribution in [0.1, 0.15) is 11.3 Å². The number of halogens is 3. The molecule has 0 aliphatic rings. The average molecular weight is 504 g/mol. The minimum atomic E-state index is -4.58. The van der Waals surface area contributed by atoms with E-state index in [0.29, 0.717) is 37.5 Å². The fraction of sp³-hybridized carbons (Fsp3) is 0.280. The number of oxazole rings is 1. The van der Waals surface area contributed by atoms with Crippen molar-refractivity contribution in [3.05, 3.63) is 87.0 Å². The van der Waals surface area contributed by atoms with Gasteiger partial charge in [-0.3, -0.25) is 4.79 Å². The van der Waals surface area contributed by atoms with Gasteiger partial charge < -0.3 is 23.6 Å². The molecular weight excluding hydrogens is 481 g/mol. The second-order valence-electron chi connectivity index (χ2n) is 7.82. The third kappa shape index (κ3) is 5.76. The van der Waals surface area contributed by atoms with Crippen LogP contribution in [0.15, 0.2) is 68.7 Å². The molecule has 0 spiro atoms. The number of aromatic nitrogens is 2. The molecule has 4 aromatic rings. The van der Waals surface area contributed by atoms with Crippen LogP contribution in [0.4, 0.5) is 13.2 Å². The molecule has 0 aliphatic carbocycles. The van der Waals surface area contributed by atoms with Crippen LogP contribution in [-0.4, -0.2) is 43.1 Å². The van der Waals surface area contributed by atoms with Crippen LogP contribution in [-0.2, 0) is 27.0 Å². The number of ether oxygens (including phenoxy) is 3. The summed E-state index contributed by atoms with van der Waals surface area (Å²) in [5, 5.41) is 0.628. The molecule has 0 unspecified atom stereocenters. The van der Waals surface area contributed by atoms with Crippen LogP contribution in [0, 0.1) is 0 Å². The van der Waals surface area contributed by atoms with Crippen LogP contribution >= 0.6 is 0 Å². The minimum absolute atomic E-state index is 0.0410. The number of hydrogen-bond acceptors (Lipinski definition) is 6. The summed E-state index contributed by atoms with van der Waals surface area (Å²) in [5.74, 6) is -0.388. The number of hydrogen-bond donors (Lipinski definition) is 1.